The SMILES string of the molecule is CCC(C)(C(=O)O)C(=O)O.CCC(C)c1ccc2ccccc2c1. The van der Waals surface area contributed by atoms with Crippen molar-refractivity contribution >= 4 is 22.7 Å². The maximum Gasteiger partial charge on any atom is 0.320 e. The quantitative estimate of drug-likeness (QED) is 0.763. The van der Waals surface area contributed by atoms with Gasteiger partial charge in [-0.15, -0.1) is 0 Å². The van der Waals surface area contributed by atoms with Crippen molar-refractivity contribution in [1.82, 2.24) is 0 Å². The van der Waals surface area contributed by atoms with Gasteiger partial charge in [0.2, 0.25) is 0 Å². The van der Waals surface area contributed by atoms with Crippen LogP contribution in [0.1, 0.15) is 52.0 Å². The van der Waals surface area contributed by atoms with Gasteiger partial charge >= 0.3 is 11.9 Å². The maximum absolute atomic E-state index is 10.3. The standard InChI is InChI=1S/C14H16.C6H10O4/c1-3-11(2)13-9-8-12-6-4-5-7-14(12)10-13;1-3-6(2,4(7)8)5(9)10/h4-11H,3H2,1-2H3;3H2,1-2H3,(H,7,8)(H,9,10). The van der Waals surface area contributed by atoms with Gasteiger partial charge in [0.25, 0.3) is 0 Å². The summed E-state index contributed by atoms with van der Waals surface area (Å²) >= 11 is 0. The lowest BCUT2D eigenvalue weighted by Gasteiger charge is -2.15. The lowest BCUT2D eigenvalue weighted by Crippen LogP contribution is -2.35. The summed E-state index contributed by atoms with van der Waals surface area (Å²) in [5, 5.41) is 19.5. The number of rotatable bonds is 5. The van der Waals surface area contributed by atoms with Crippen molar-refractivity contribution < 1.29 is 19.8 Å². The van der Waals surface area contributed by atoms with Crippen LogP contribution in [0.15, 0.2) is 42.5 Å². The summed E-state index contributed by atoms with van der Waals surface area (Å²) in [4.78, 5) is 20.6. The Bertz CT molecular complexity index is 692. The van der Waals surface area contributed by atoms with Gasteiger partial charge in [0, 0.05) is 0 Å². The fraction of sp³-hybridized carbons (Fsp3) is 0.400. The molecule has 0 aliphatic rings. The van der Waals surface area contributed by atoms with Crippen molar-refractivity contribution in [1.29, 1.82) is 0 Å². The smallest absolute Gasteiger partial charge is 0.320 e. The van der Waals surface area contributed by atoms with Gasteiger partial charge in [-0.2, -0.15) is 0 Å². The van der Waals surface area contributed by atoms with Gasteiger partial charge < -0.3 is 10.2 Å². The van der Waals surface area contributed by atoms with E-state index in [1.807, 2.05) is 0 Å². The molecule has 0 saturated carbocycles. The number of hydrogen-bond acceptors (Lipinski definition) is 2. The van der Waals surface area contributed by atoms with E-state index in [4.69, 9.17) is 10.2 Å². The highest BCUT2D eigenvalue weighted by Crippen LogP contribution is 2.23. The molecule has 24 heavy (non-hydrogen) atoms. The van der Waals surface area contributed by atoms with Crippen LogP contribution in [0.5, 0.6) is 0 Å². The van der Waals surface area contributed by atoms with Crippen LogP contribution in [0.2, 0.25) is 0 Å². The first-order chi connectivity index (χ1) is 11.3. The predicted molar refractivity (Wildman–Crippen MR) is 96.3 cm³/mol. The summed E-state index contributed by atoms with van der Waals surface area (Å²) in [6.45, 7) is 7.24. The Labute approximate surface area is 143 Å². The molecule has 0 amide bonds. The van der Waals surface area contributed by atoms with Crippen molar-refractivity contribution in [3.8, 4) is 0 Å². The Morgan fingerprint density at radius 1 is 1.00 bits per heavy atom. The molecule has 2 aromatic carbocycles. The van der Waals surface area contributed by atoms with Gasteiger partial charge in [0.1, 0.15) is 0 Å². The van der Waals surface area contributed by atoms with E-state index >= 15 is 0 Å². The van der Waals surface area contributed by atoms with Gasteiger partial charge in [-0.1, -0.05) is 63.2 Å². The molecular weight excluding hydrogens is 304 g/mol. The van der Waals surface area contributed by atoms with E-state index in [9.17, 15) is 9.59 Å². The molecule has 0 aliphatic heterocycles. The van der Waals surface area contributed by atoms with Crippen LogP contribution in [0, 0.1) is 5.41 Å². The molecule has 4 nitrogen and oxygen atoms in total. The number of fused-ring (bicyclic) bond motifs is 1. The van der Waals surface area contributed by atoms with Crippen LogP contribution in [0.4, 0.5) is 0 Å². The Balaban J connectivity index is 0.000000257. The average Bonchev–Trinajstić information content (AvgIpc) is 2.59. The number of aliphatic carboxylic acids is 2. The largest absolute Gasteiger partial charge is 0.480 e. The summed E-state index contributed by atoms with van der Waals surface area (Å²) in [5.74, 6) is -1.91. The summed E-state index contributed by atoms with van der Waals surface area (Å²) in [7, 11) is 0. The van der Waals surface area contributed by atoms with Crippen LogP contribution in [-0.2, 0) is 9.59 Å². The van der Waals surface area contributed by atoms with Crippen molar-refractivity contribution in [2.45, 2.75) is 46.5 Å². The molecule has 0 radical (unpaired) electrons. The predicted octanol–water partition coefficient (Wildman–Crippen LogP) is 4.93. The van der Waals surface area contributed by atoms with Gasteiger partial charge in [-0.3, -0.25) is 9.59 Å². The van der Waals surface area contributed by atoms with Crippen molar-refractivity contribution in [3.05, 3.63) is 48.0 Å². The molecule has 1 atom stereocenters. The summed E-state index contributed by atoms with van der Waals surface area (Å²) in [5.41, 5.74) is -0.175. The minimum Gasteiger partial charge on any atom is -0.480 e. The van der Waals surface area contributed by atoms with Crippen LogP contribution >= 0.6 is 0 Å². The van der Waals surface area contributed by atoms with E-state index in [2.05, 4.69) is 56.3 Å². The highest BCUT2D eigenvalue weighted by atomic mass is 16.4. The molecule has 2 aromatic rings. The van der Waals surface area contributed by atoms with Crippen LogP contribution in [-0.4, -0.2) is 22.2 Å². The molecule has 2 N–H and O–H groups in total. The molecule has 0 saturated heterocycles. The third kappa shape index (κ3) is 4.57. The Morgan fingerprint density at radius 3 is 1.96 bits per heavy atom. The topological polar surface area (TPSA) is 74.6 Å². The first-order valence-corrected chi connectivity index (χ1v) is 8.21. The van der Waals surface area contributed by atoms with Gasteiger partial charge in [0.15, 0.2) is 5.41 Å². The molecule has 0 bridgehead atoms. The number of carboxylic acid groups (broad SMARTS) is 2. The second kappa shape index (κ2) is 8.48. The van der Waals surface area contributed by atoms with Crippen molar-refractivity contribution in [2.24, 2.45) is 5.41 Å². The first-order valence-electron chi connectivity index (χ1n) is 8.21. The van der Waals surface area contributed by atoms with Gasteiger partial charge in [-0.25, -0.2) is 0 Å². The fourth-order valence-electron chi connectivity index (χ4n) is 2.14. The van der Waals surface area contributed by atoms with Crippen molar-refractivity contribution in [3.63, 3.8) is 0 Å². The Morgan fingerprint density at radius 2 is 1.54 bits per heavy atom. The van der Waals surface area contributed by atoms with E-state index < -0.39 is 17.4 Å². The second-order valence-corrected chi connectivity index (χ2v) is 6.21. The molecule has 2 rings (SSSR count). The van der Waals surface area contributed by atoms with E-state index in [0.29, 0.717) is 5.92 Å². The molecule has 130 valence electrons. The minimum atomic E-state index is -1.62. The Kier molecular flexibility index (Phi) is 6.96. The van der Waals surface area contributed by atoms with Crippen LogP contribution in [0.3, 0.4) is 0 Å². The number of benzene rings is 2. The molecule has 0 aromatic heterocycles. The summed E-state index contributed by atoms with van der Waals surface area (Å²) in [6, 6.07) is 15.3. The molecule has 1 unspecified atom stereocenters. The van der Waals surface area contributed by atoms with Crippen molar-refractivity contribution in [2.75, 3.05) is 0 Å². The highest BCUT2D eigenvalue weighted by molar-refractivity contribution is 5.97. The lowest BCUT2D eigenvalue weighted by molar-refractivity contribution is -0.163. The zero-order valence-electron chi connectivity index (χ0n) is 14.7. The summed E-state index contributed by atoms with van der Waals surface area (Å²) < 4.78 is 0. The molecule has 4 heteroatoms. The fourth-order valence-corrected chi connectivity index (χ4v) is 2.14. The van der Waals surface area contributed by atoms with Crippen LogP contribution < -0.4 is 0 Å². The number of carbonyl (C=O) groups is 2. The first kappa shape index (κ1) is 19.7. The molecule has 0 aliphatic carbocycles. The highest BCUT2D eigenvalue weighted by Gasteiger charge is 2.39. The molecular formula is C20H26O4. The minimum absolute atomic E-state index is 0.0949. The third-order valence-corrected chi connectivity index (χ3v) is 4.61. The monoisotopic (exact) mass is 330 g/mol. The maximum atomic E-state index is 10.3. The van der Waals surface area contributed by atoms with E-state index in [1.165, 1.54) is 36.6 Å². The molecule has 0 fully saturated rings. The Hall–Kier alpha value is -2.36. The van der Waals surface area contributed by atoms with E-state index in [1.54, 1.807) is 0 Å². The van der Waals surface area contributed by atoms with E-state index in [-0.39, 0.29) is 6.42 Å². The summed E-state index contributed by atoms with van der Waals surface area (Å²) in [6.07, 6.45) is 1.30. The zero-order valence-corrected chi connectivity index (χ0v) is 14.7. The van der Waals surface area contributed by atoms with E-state index in [0.717, 1.165) is 0 Å². The second-order valence-electron chi connectivity index (χ2n) is 6.21. The molecule has 0 spiro atoms. The van der Waals surface area contributed by atoms with Gasteiger partial charge in [-0.05, 0) is 42.0 Å². The third-order valence-electron chi connectivity index (χ3n) is 4.61. The molecule has 0 heterocycles. The van der Waals surface area contributed by atoms with Gasteiger partial charge in [0.05, 0.1) is 0 Å². The van der Waals surface area contributed by atoms with Crippen LogP contribution in [0.25, 0.3) is 10.8 Å². The number of carboxylic acids is 2. The zero-order chi connectivity index (χ0) is 18.3. The lowest BCUT2D eigenvalue weighted by atomic mass is 9.88. The average molecular weight is 330 g/mol. The normalized spacial score (nSPS) is 12.2. The number of hydrogen-bond donors (Lipinski definition) is 2.